The van der Waals surface area contributed by atoms with Crippen LogP contribution < -0.4 is 5.32 Å². The zero-order chi connectivity index (χ0) is 14.5. The predicted octanol–water partition coefficient (Wildman–Crippen LogP) is 3.82. The first kappa shape index (κ1) is 16.1. The molecule has 0 aliphatic carbocycles. The molecule has 1 aromatic carbocycles. The quantitative estimate of drug-likeness (QED) is 0.814. The third-order valence-corrected chi connectivity index (χ3v) is 3.74. The van der Waals surface area contributed by atoms with Gasteiger partial charge in [0.15, 0.2) is 11.6 Å². The highest BCUT2D eigenvalue weighted by Crippen LogP contribution is 2.36. The van der Waals surface area contributed by atoms with Gasteiger partial charge in [0.05, 0.1) is 11.6 Å². The smallest absolute Gasteiger partial charge is 0.163 e. The van der Waals surface area contributed by atoms with Gasteiger partial charge in [-0.2, -0.15) is 0 Å². The summed E-state index contributed by atoms with van der Waals surface area (Å²) in [4.78, 5) is 0. The van der Waals surface area contributed by atoms with Gasteiger partial charge in [0.1, 0.15) is 0 Å². The molecule has 0 aliphatic heterocycles. The van der Waals surface area contributed by atoms with Crippen molar-refractivity contribution in [2.75, 3.05) is 13.7 Å². The van der Waals surface area contributed by atoms with E-state index in [2.05, 4.69) is 5.32 Å². The van der Waals surface area contributed by atoms with Gasteiger partial charge in [-0.3, -0.25) is 0 Å². The van der Waals surface area contributed by atoms with Crippen LogP contribution in [0.1, 0.15) is 45.2 Å². The van der Waals surface area contributed by atoms with Crippen LogP contribution in [0.25, 0.3) is 0 Å². The summed E-state index contributed by atoms with van der Waals surface area (Å²) >= 11 is 0. The van der Waals surface area contributed by atoms with Crippen LogP contribution in [0.2, 0.25) is 0 Å². The van der Waals surface area contributed by atoms with E-state index in [9.17, 15) is 8.78 Å². The van der Waals surface area contributed by atoms with Crippen LogP contribution in [-0.4, -0.2) is 19.3 Å². The Morgan fingerprint density at radius 1 is 1.21 bits per heavy atom. The summed E-state index contributed by atoms with van der Waals surface area (Å²) in [6.45, 7) is 6.45. The van der Waals surface area contributed by atoms with Gasteiger partial charge >= 0.3 is 0 Å². The molecule has 0 saturated carbocycles. The molecule has 0 amide bonds. The third-order valence-electron chi connectivity index (χ3n) is 3.74. The molecule has 0 spiro atoms. The van der Waals surface area contributed by atoms with Gasteiger partial charge in [0.25, 0.3) is 0 Å². The Kier molecular flexibility index (Phi) is 5.88. The Balaban J connectivity index is 3.27. The van der Waals surface area contributed by atoms with Crippen molar-refractivity contribution in [2.24, 2.45) is 0 Å². The van der Waals surface area contributed by atoms with Gasteiger partial charge in [-0.15, -0.1) is 0 Å². The van der Waals surface area contributed by atoms with Gasteiger partial charge < -0.3 is 10.1 Å². The molecule has 0 radical (unpaired) electrons. The molecule has 1 atom stereocenters. The summed E-state index contributed by atoms with van der Waals surface area (Å²) in [6, 6.07) is 3.89. The zero-order valence-corrected chi connectivity index (χ0v) is 12.1. The molecule has 108 valence electrons. The molecule has 4 heteroatoms. The largest absolute Gasteiger partial charge is 0.373 e. The Labute approximate surface area is 114 Å². The highest BCUT2D eigenvalue weighted by molar-refractivity contribution is 5.25. The normalized spacial score (nSPS) is 13.6. The van der Waals surface area contributed by atoms with Crippen LogP contribution in [0.15, 0.2) is 18.2 Å². The lowest BCUT2D eigenvalue weighted by Gasteiger charge is -2.39. The summed E-state index contributed by atoms with van der Waals surface area (Å²) in [5, 5.41) is 3.08. The summed E-state index contributed by atoms with van der Waals surface area (Å²) < 4.78 is 33.3. The van der Waals surface area contributed by atoms with Crippen LogP contribution in [-0.2, 0) is 4.74 Å². The molecule has 2 nitrogen and oxygen atoms in total. The van der Waals surface area contributed by atoms with Crippen molar-refractivity contribution in [1.29, 1.82) is 0 Å². The first-order chi connectivity index (χ1) is 9.06. The lowest BCUT2D eigenvalue weighted by molar-refractivity contribution is -0.0725. The number of nitrogens with one attached hydrogen (secondary N) is 1. The minimum atomic E-state index is -0.824. The molecule has 0 heterocycles. The second kappa shape index (κ2) is 6.96. The maximum absolute atomic E-state index is 14.0. The van der Waals surface area contributed by atoms with E-state index in [4.69, 9.17) is 4.74 Å². The number of halogens is 2. The number of likely N-dealkylation sites (N-methyl/N-ethyl adjacent to an activating group) is 1. The Bertz CT molecular complexity index is 405. The highest BCUT2D eigenvalue weighted by atomic mass is 19.2. The second-order valence-electron chi connectivity index (χ2n) is 4.57. The molecule has 0 saturated heterocycles. The van der Waals surface area contributed by atoms with E-state index in [-0.39, 0.29) is 6.04 Å². The number of ether oxygens (including phenoxy) is 1. The van der Waals surface area contributed by atoms with Crippen LogP contribution in [0, 0.1) is 11.6 Å². The molecule has 1 unspecified atom stereocenters. The van der Waals surface area contributed by atoms with Gasteiger partial charge in [0.2, 0.25) is 0 Å². The molecule has 1 N–H and O–H groups in total. The summed E-state index contributed by atoms with van der Waals surface area (Å²) in [6.07, 6.45) is 1.44. The Morgan fingerprint density at radius 2 is 1.84 bits per heavy atom. The average Bonchev–Trinajstić information content (AvgIpc) is 2.43. The zero-order valence-electron chi connectivity index (χ0n) is 12.1. The molecular weight excluding hydrogens is 248 g/mol. The van der Waals surface area contributed by atoms with E-state index in [0.717, 1.165) is 18.9 Å². The maximum atomic E-state index is 14.0. The van der Waals surface area contributed by atoms with Crippen LogP contribution in [0.3, 0.4) is 0 Å². The molecule has 1 aromatic rings. The SMILES string of the molecule is CCOC(CC)(CC)C(NC)c1cccc(F)c1F. The molecule has 0 aliphatic rings. The van der Waals surface area contributed by atoms with E-state index in [1.54, 1.807) is 13.1 Å². The molecule has 1 rings (SSSR count). The van der Waals surface area contributed by atoms with E-state index in [1.807, 2.05) is 20.8 Å². The Hall–Kier alpha value is -1.00. The predicted molar refractivity (Wildman–Crippen MR) is 73.1 cm³/mol. The second-order valence-corrected chi connectivity index (χ2v) is 4.57. The summed E-state index contributed by atoms with van der Waals surface area (Å²) in [7, 11) is 1.74. The van der Waals surface area contributed by atoms with E-state index in [1.165, 1.54) is 6.07 Å². The van der Waals surface area contributed by atoms with Crippen LogP contribution >= 0.6 is 0 Å². The number of hydrogen-bond acceptors (Lipinski definition) is 2. The average molecular weight is 271 g/mol. The van der Waals surface area contributed by atoms with Crippen LogP contribution in [0.5, 0.6) is 0 Å². The fraction of sp³-hybridized carbons (Fsp3) is 0.600. The topological polar surface area (TPSA) is 21.3 Å². The van der Waals surface area contributed by atoms with Gasteiger partial charge in [0, 0.05) is 12.2 Å². The van der Waals surface area contributed by atoms with Crippen molar-refractivity contribution in [2.45, 2.75) is 45.3 Å². The fourth-order valence-corrected chi connectivity index (χ4v) is 2.68. The van der Waals surface area contributed by atoms with Crippen molar-refractivity contribution in [1.82, 2.24) is 5.32 Å². The summed E-state index contributed by atoms with van der Waals surface area (Å²) in [5.74, 6) is -1.62. The van der Waals surface area contributed by atoms with Crippen molar-refractivity contribution >= 4 is 0 Å². The first-order valence-corrected chi connectivity index (χ1v) is 6.81. The van der Waals surface area contributed by atoms with E-state index in [0.29, 0.717) is 12.2 Å². The van der Waals surface area contributed by atoms with Crippen molar-refractivity contribution in [3.8, 4) is 0 Å². The third kappa shape index (κ3) is 3.12. The van der Waals surface area contributed by atoms with Gasteiger partial charge in [-0.05, 0) is 32.9 Å². The minimum Gasteiger partial charge on any atom is -0.373 e. The van der Waals surface area contributed by atoms with Crippen LogP contribution in [0.4, 0.5) is 8.78 Å². The first-order valence-electron chi connectivity index (χ1n) is 6.81. The molecule has 19 heavy (non-hydrogen) atoms. The van der Waals surface area contributed by atoms with E-state index >= 15 is 0 Å². The molecular formula is C15H23F2NO. The number of benzene rings is 1. The lowest BCUT2D eigenvalue weighted by Crippen LogP contribution is -2.45. The van der Waals surface area contributed by atoms with Crippen molar-refractivity contribution in [3.05, 3.63) is 35.4 Å². The fourth-order valence-electron chi connectivity index (χ4n) is 2.68. The highest BCUT2D eigenvalue weighted by Gasteiger charge is 2.38. The standard InChI is InChI=1S/C15H23F2NO/c1-5-15(6-2,19-7-3)14(18-4)11-9-8-10-12(16)13(11)17/h8-10,14,18H,5-7H2,1-4H3. The molecule has 0 fully saturated rings. The molecule has 0 aromatic heterocycles. The van der Waals surface area contributed by atoms with Gasteiger partial charge in [-0.1, -0.05) is 26.0 Å². The van der Waals surface area contributed by atoms with Crippen molar-refractivity contribution < 1.29 is 13.5 Å². The van der Waals surface area contributed by atoms with Gasteiger partial charge in [-0.25, -0.2) is 8.78 Å². The monoisotopic (exact) mass is 271 g/mol. The Morgan fingerprint density at radius 3 is 2.32 bits per heavy atom. The maximum Gasteiger partial charge on any atom is 0.163 e. The van der Waals surface area contributed by atoms with E-state index < -0.39 is 17.2 Å². The summed E-state index contributed by atoms with van der Waals surface area (Å²) in [5.41, 5.74) is -0.211. The number of hydrogen-bond donors (Lipinski definition) is 1. The van der Waals surface area contributed by atoms with Crippen molar-refractivity contribution in [3.63, 3.8) is 0 Å². The number of rotatable bonds is 7. The molecule has 0 bridgehead atoms. The lowest BCUT2D eigenvalue weighted by atomic mass is 9.83. The minimum absolute atomic E-state index is 0.319.